The molecule has 2 aliphatic heterocycles. The number of hydrogen-bond donors (Lipinski definition) is 1. The van der Waals surface area contributed by atoms with Crippen LogP contribution in [0.5, 0.6) is 0 Å². The van der Waals surface area contributed by atoms with Gasteiger partial charge in [-0.3, -0.25) is 14.5 Å². The van der Waals surface area contributed by atoms with Crippen LogP contribution in [-0.4, -0.2) is 47.3 Å². The topological polar surface area (TPSA) is 52.7 Å². The number of hydrogen-bond acceptors (Lipinski definition) is 3. The predicted octanol–water partition coefficient (Wildman–Crippen LogP) is 2.94. The maximum Gasteiger partial charge on any atom is 0.225 e. The Kier molecular flexibility index (Phi) is 6.89. The fourth-order valence-corrected chi connectivity index (χ4v) is 4.30. The second-order valence-electron chi connectivity index (χ2n) is 8.11. The molecule has 3 rings (SSSR count). The molecule has 0 spiro atoms. The first-order valence-corrected chi connectivity index (χ1v) is 10.4. The van der Waals surface area contributed by atoms with E-state index in [1.165, 1.54) is 30.4 Å². The Morgan fingerprint density at radius 1 is 1.07 bits per heavy atom. The molecular formula is C22H33N3O2. The van der Waals surface area contributed by atoms with Gasteiger partial charge >= 0.3 is 0 Å². The van der Waals surface area contributed by atoms with Crippen LogP contribution in [0.15, 0.2) is 24.3 Å². The van der Waals surface area contributed by atoms with Gasteiger partial charge in [-0.2, -0.15) is 0 Å². The summed E-state index contributed by atoms with van der Waals surface area (Å²) in [6.07, 6.45) is 5.64. The molecule has 0 aromatic heterocycles. The van der Waals surface area contributed by atoms with Crippen molar-refractivity contribution in [2.45, 2.75) is 65.1 Å². The molecule has 1 N–H and O–H groups in total. The third-order valence-corrected chi connectivity index (χ3v) is 6.12. The van der Waals surface area contributed by atoms with Crippen LogP contribution < -0.4 is 5.32 Å². The van der Waals surface area contributed by atoms with E-state index in [-0.39, 0.29) is 17.7 Å². The Morgan fingerprint density at radius 3 is 2.59 bits per heavy atom. The SMILES string of the molecule is CC(=O)N1CCC[C@@H](C(=O)NCc2ccccc2CN2CCCC[C@H]2C)C1. The molecule has 0 saturated carbocycles. The summed E-state index contributed by atoms with van der Waals surface area (Å²) in [5.41, 5.74) is 2.50. The van der Waals surface area contributed by atoms with Gasteiger partial charge < -0.3 is 10.2 Å². The molecule has 148 valence electrons. The highest BCUT2D eigenvalue weighted by atomic mass is 16.2. The minimum atomic E-state index is -0.0862. The Labute approximate surface area is 163 Å². The third kappa shape index (κ3) is 5.32. The summed E-state index contributed by atoms with van der Waals surface area (Å²) in [7, 11) is 0. The van der Waals surface area contributed by atoms with Crippen LogP contribution in [0.2, 0.25) is 0 Å². The molecule has 27 heavy (non-hydrogen) atoms. The Bertz CT molecular complexity index is 661. The molecule has 5 heteroatoms. The van der Waals surface area contributed by atoms with E-state index < -0.39 is 0 Å². The zero-order valence-corrected chi connectivity index (χ0v) is 16.7. The van der Waals surface area contributed by atoms with E-state index in [1.807, 2.05) is 6.07 Å². The van der Waals surface area contributed by atoms with Crippen LogP contribution in [0.1, 0.15) is 57.1 Å². The molecule has 0 radical (unpaired) electrons. The second-order valence-corrected chi connectivity index (χ2v) is 8.11. The zero-order chi connectivity index (χ0) is 19.2. The van der Waals surface area contributed by atoms with Gasteiger partial charge in [-0.05, 0) is 50.3 Å². The Balaban J connectivity index is 1.57. The Hall–Kier alpha value is -1.88. The molecule has 2 heterocycles. The normalized spacial score (nSPS) is 23.9. The van der Waals surface area contributed by atoms with Crippen LogP contribution >= 0.6 is 0 Å². The lowest BCUT2D eigenvalue weighted by molar-refractivity contribution is -0.134. The summed E-state index contributed by atoms with van der Waals surface area (Å²) >= 11 is 0. The van der Waals surface area contributed by atoms with Gasteiger partial charge in [0.15, 0.2) is 0 Å². The lowest BCUT2D eigenvalue weighted by atomic mass is 9.96. The minimum Gasteiger partial charge on any atom is -0.352 e. The van der Waals surface area contributed by atoms with Crippen molar-refractivity contribution in [1.82, 2.24) is 15.1 Å². The van der Waals surface area contributed by atoms with E-state index in [9.17, 15) is 9.59 Å². The lowest BCUT2D eigenvalue weighted by Crippen LogP contribution is -2.44. The molecule has 0 unspecified atom stereocenters. The molecule has 0 bridgehead atoms. The number of piperidine rings is 2. The molecule has 5 nitrogen and oxygen atoms in total. The van der Waals surface area contributed by atoms with Crippen molar-refractivity contribution in [3.05, 3.63) is 35.4 Å². The van der Waals surface area contributed by atoms with Gasteiger partial charge in [0.2, 0.25) is 11.8 Å². The van der Waals surface area contributed by atoms with Gasteiger partial charge in [0.05, 0.1) is 5.92 Å². The second kappa shape index (κ2) is 9.36. The summed E-state index contributed by atoms with van der Waals surface area (Å²) in [4.78, 5) is 28.6. The summed E-state index contributed by atoms with van der Waals surface area (Å²) in [6.45, 7) is 7.89. The van der Waals surface area contributed by atoms with Crippen LogP contribution in [0.4, 0.5) is 0 Å². The van der Waals surface area contributed by atoms with Gasteiger partial charge in [0.25, 0.3) is 0 Å². The van der Waals surface area contributed by atoms with Gasteiger partial charge in [-0.15, -0.1) is 0 Å². The number of carbonyl (C=O) groups is 2. The third-order valence-electron chi connectivity index (χ3n) is 6.12. The maximum atomic E-state index is 12.6. The lowest BCUT2D eigenvalue weighted by Gasteiger charge is -2.34. The predicted molar refractivity (Wildman–Crippen MR) is 107 cm³/mol. The first kappa shape index (κ1) is 19.9. The van der Waals surface area contributed by atoms with E-state index in [0.717, 1.165) is 32.5 Å². The number of carbonyl (C=O) groups excluding carboxylic acids is 2. The smallest absolute Gasteiger partial charge is 0.225 e. The van der Waals surface area contributed by atoms with Crippen molar-refractivity contribution < 1.29 is 9.59 Å². The minimum absolute atomic E-state index is 0.0634. The van der Waals surface area contributed by atoms with E-state index >= 15 is 0 Å². The van der Waals surface area contributed by atoms with E-state index in [0.29, 0.717) is 19.1 Å². The number of nitrogens with one attached hydrogen (secondary N) is 1. The summed E-state index contributed by atoms with van der Waals surface area (Å²) in [6, 6.07) is 9.05. The Morgan fingerprint density at radius 2 is 1.85 bits per heavy atom. The largest absolute Gasteiger partial charge is 0.352 e. The summed E-state index contributed by atoms with van der Waals surface area (Å²) in [5, 5.41) is 3.12. The molecule has 1 aromatic carbocycles. The standard InChI is InChI=1S/C22H33N3O2/c1-17-8-5-6-12-24(17)15-20-10-4-3-9-19(20)14-23-22(27)21-11-7-13-25(16-21)18(2)26/h3-4,9-10,17,21H,5-8,11-16H2,1-2H3,(H,23,27)/t17-,21-/m1/s1. The van der Waals surface area contributed by atoms with Crippen molar-refractivity contribution in [2.75, 3.05) is 19.6 Å². The van der Waals surface area contributed by atoms with Crippen LogP contribution in [0, 0.1) is 5.92 Å². The molecule has 2 atom stereocenters. The van der Waals surface area contributed by atoms with Crippen molar-refractivity contribution >= 4 is 11.8 Å². The fraction of sp³-hybridized carbons (Fsp3) is 0.636. The van der Waals surface area contributed by atoms with Crippen molar-refractivity contribution in [1.29, 1.82) is 0 Å². The van der Waals surface area contributed by atoms with E-state index in [1.54, 1.807) is 11.8 Å². The molecule has 1 aromatic rings. The highest BCUT2D eigenvalue weighted by Crippen LogP contribution is 2.21. The fourth-order valence-electron chi connectivity index (χ4n) is 4.30. The number of likely N-dealkylation sites (tertiary alicyclic amines) is 2. The average Bonchev–Trinajstić information content (AvgIpc) is 2.69. The van der Waals surface area contributed by atoms with Crippen molar-refractivity contribution in [2.24, 2.45) is 5.92 Å². The quantitative estimate of drug-likeness (QED) is 0.866. The number of benzene rings is 1. The molecular weight excluding hydrogens is 338 g/mol. The first-order valence-electron chi connectivity index (χ1n) is 10.4. The van der Waals surface area contributed by atoms with Crippen molar-refractivity contribution in [3.63, 3.8) is 0 Å². The van der Waals surface area contributed by atoms with Gasteiger partial charge in [0, 0.05) is 39.1 Å². The monoisotopic (exact) mass is 371 g/mol. The van der Waals surface area contributed by atoms with E-state index in [2.05, 4.69) is 35.3 Å². The van der Waals surface area contributed by atoms with Gasteiger partial charge in [0.1, 0.15) is 0 Å². The van der Waals surface area contributed by atoms with Crippen molar-refractivity contribution in [3.8, 4) is 0 Å². The summed E-state index contributed by atoms with van der Waals surface area (Å²) in [5.74, 6) is 0.0486. The van der Waals surface area contributed by atoms with Crippen LogP contribution in [-0.2, 0) is 22.7 Å². The van der Waals surface area contributed by atoms with Crippen LogP contribution in [0.3, 0.4) is 0 Å². The van der Waals surface area contributed by atoms with Gasteiger partial charge in [-0.25, -0.2) is 0 Å². The highest BCUT2D eigenvalue weighted by molar-refractivity contribution is 5.80. The van der Waals surface area contributed by atoms with E-state index in [4.69, 9.17) is 0 Å². The molecule has 0 aliphatic carbocycles. The molecule has 2 amide bonds. The molecule has 2 aliphatic rings. The average molecular weight is 372 g/mol. The highest BCUT2D eigenvalue weighted by Gasteiger charge is 2.27. The van der Waals surface area contributed by atoms with Crippen LogP contribution in [0.25, 0.3) is 0 Å². The molecule has 2 saturated heterocycles. The first-order chi connectivity index (χ1) is 13.0. The van der Waals surface area contributed by atoms with Gasteiger partial charge in [-0.1, -0.05) is 30.7 Å². The number of amides is 2. The number of rotatable bonds is 5. The molecule has 2 fully saturated rings. The zero-order valence-electron chi connectivity index (χ0n) is 16.7. The summed E-state index contributed by atoms with van der Waals surface area (Å²) < 4.78 is 0. The maximum absolute atomic E-state index is 12.6. The number of nitrogens with zero attached hydrogens (tertiary/aromatic N) is 2.